The number of halogens is 1. The Morgan fingerprint density at radius 1 is 1.35 bits per heavy atom. The molecule has 3 heterocycles. The molecule has 0 unspecified atom stereocenters. The predicted octanol–water partition coefficient (Wildman–Crippen LogP) is 2.07. The summed E-state index contributed by atoms with van der Waals surface area (Å²) in [6.07, 6.45) is 7.29. The summed E-state index contributed by atoms with van der Waals surface area (Å²) < 4.78 is 1.98. The van der Waals surface area contributed by atoms with Gasteiger partial charge in [0.1, 0.15) is 0 Å². The van der Waals surface area contributed by atoms with Gasteiger partial charge in [-0.1, -0.05) is 11.6 Å². The van der Waals surface area contributed by atoms with Crippen LogP contribution in [0, 0.1) is 5.92 Å². The summed E-state index contributed by atoms with van der Waals surface area (Å²) in [5.74, 6) is 0.652. The number of rotatable bonds is 3. The van der Waals surface area contributed by atoms with Gasteiger partial charge in [0.05, 0.1) is 10.7 Å². The standard InChI is InChI=1S/C12H13ClN4/c13-11-6-14-4-2-12(11)16-7-10(8-16)9-17-5-1-3-15-17/h1-6,10H,7-9H2. The average Bonchev–Trinajstić information content (AvgIpc) is 2.77. The number of anilines is 1. The van der Waals surface area contributed by atoms with E-state index in [2.05, 4.69) is 15.0 Å². The molecule has 0 atom stereocenters. The molecule has 1 aliphatic heterocycles. The van der Waals surface area contributed by atoms with E-state index < -0.39 is 0 Å². The number of hydrogen-bond acceptors (Lipinski definition) is 3. The van der Waals surface area contributed by atoms with Crippen LogP contribution in [0.5, 0.6) is 0 Å². The molecule has 0 saturated carbocycles. The van der Waals surface area contributed by atoms with E-state index in [1.807, 2.05) is 29.2 Å². The van der Waals surface area contributed by atoms with Crippen LogP contribution in [0.15, 0.2) is 36.9 Å². The highest BCUT2D eigenvalue weighted by atomic mass is 35.5. The van der Waals surface area contributed by atoms with Gasteiger partial charge in [0.2, 0.25) is 0 Å². The van der Waals surface area contributed by atoms with Crippen molar-refractivity contribution in [2.45, 2.75) is 6.54 Å². The molecule has 1 saturated heterocycles. The minimum absolute atomic E-state index is 0.652. The van der Waals surface area contributed by atoms with Gasteiger partial charge >= 0.3 is 0 Å². The van der Waals surface area contributed by atoms with Crippen molar-refractivity contribution < 1.29 is 0 Å². The van der Waals surface area contributed by atoms with Crippen LogP contribution in [-0.2, 0) is 6.54 Å². The van der Waals surface area contributed by atoms with Crippen LogP contribution >= 0.6 is 11.6 Å². The Kier molecular flexibility index (Phi) is 2.73. The quantitative estimate of drug-likeness (QED) is 0.834. The first-order valence-electron chi connectivity index (χ1n) is 5.65. The van der Waals surface area contributed by atoms with Crippen LogP contribution in [0.3, 0.4) is 0 Å². The zero-order valence-electron chi connectivity index (χ0n) is 9.33. The minimum Gasteiger partial charge on any atom is -0.369 e. The number of pyridine rings is 1. The van der Waals surface area contributed by atoms with E-state index >= 15 is 0 Å². The van der Waals surface area contributed by atoms with E-state index in [4.69, 9.17) is 11.6 Å². The van der Waals surface area contributed by atoms with Crippen molar-refractivity contribution in [2.75, 3.05) is 18.0 Å². The molecule has 17 heavy (non-hydrogen) atoms. The van der Waals surface area contributed by atoms with Crippen molar-refractivity contribution in [1.82, 2.24) is 14.8 Å². The van der Waals surface area contributed by atoms with Crippen molar-refractivity contribution >= 4 is 17.3 Å². The van der Waals surface area contributed by atoms with E-state index in [-0.39, 0.29) is 0 Å². The van der Waals surface area contributed by atoms with Crippen molar-refractivity contribution in [3.63, 3.8) is 0 Å². The Bertz CT molecular complexity index is 491. The van der Waals surface area contributed by atoms with Gasteiger partial charge < -0.3 is 4.90 Å². The third-order valence-corrected chi connectivity index (χ3v) is 3.34. The Morgan fingerprint density at radius 2 is 2.24 bits per heavy atom. The molecule has 0 N–H and O–H groups in total. The van der Waals surface area contributed by atoms with Crippen LogP contribution in [0.1, 0.15) is 0 Å². The summed E-state index contributed by atoms with van der Waals surface area (Å²) in [5.41, 5.74) is 1.08. The summed E-state index contributed by atoms with van der Waals surface area (Å²) >= 11 is 6.10. The predicted molar refractivity (Wildman–Crippen MR) is 67.2 cm³/mol. The highest BCUT2D eigenvalue weighted by molar-refractivity contribution is 6.33. The molecular weight excluding hydrogens is 236 g/mol. The molecule has 0 amide bonds. The van der Waals surface area contributed by atoms with E-state index in [1.54, 1.807) is 12.4 Å². The maximum atomic E-state index is 6.10. The highest BCUT2D eigenvalue weighted by Crippen LogP contribution is 2.30. The summed E-state index contributed by atoms with van der Waals surface area (Å²) in [4.78, 5) is 6.27. The molecule has 0 aromatic carbocycles. The second-order valence-electron chi connectivity index (χ2n) is 4.33. The lowest BCUT2D eigenvalue weighted by Gasteiger charge is -2.41. The summed E-state index contributed by atoms with van der Waals surface area (Å²) in [6, 6.07) is 3.92. The van der Waals surface area contributed by atoms with Crippen molar-refractivity contribution in [2.24, 2.45) is 5.92 Å². The van der Waals surface area contributed by atoms with Gasteiger partial charge in [-0.25, -0.2) is 0 Å². The van der Waals surface area contributed by atoms with Gasteiger partial charge in [-0.15, -0.1) is 0 Å². The lowest BCUT2D eigenvalue weighted by atomic mass is 9.99. The third kappa shape index (κ3) is 2.13. The monoisotopic (exact) mass is 248 g/mol. The lowest BCUT2D eigenvalue weighted by molar-refractivity contribution is 0.342. The topological polar surface area (TPSA) is 34.0 Å². The van der Waals surface area contributed by atoms with Gasteiger partial charge in [0, 0.05) is 50.3 Å². The zero-order valence-corrected chi connectivity index (χ0v) is 10.1. The second-order valence-corrected chi connectivity index (χ2v) is 4.73. The summed E-state index contributed by atoms with van der Waals surface area (Å²) in [6.45, 7) is 3.04. The fourth-order valence-corrected chi connectivity index (χ4v) is 2.42. The fraction of sp³-hybridized carbons (Fsp3) is 0.333. The molecule has 0 radical (unpaired) electrons. The van der Waals surface area contributed by atoms with Crippen LogP contribution in [-0.4, -0.2) is 27.9 Å². The first-order valence-corrected chi connectivity index (χ1v) is 6.02. The van der Waals surface area contributed by atoms with Crippen LogP contribution in [0.2, 0.25) is 5.02 Å². The summed E-state index contributed by atoms with van der Waals surface area (Å²) in [5, 5.41) is 4.94. The largest absolute Gasteiger partial charge is 0.369 e. The van der Waals surface area contributed by atoms with Crippen LogP contribution in [0.4, 0.5) is 5.69 Å². The van der Waals surface area contributed by atoms with E-state index in [1.165, 1.54) is 0 Å². The molecule has 5 heteroatoms. The average molecular weight is 249 g/mol. The highest BCUT2D eigenvalue weighted by Gasteiger charge is 2.28. The molecule has 0 bridgehead atoms. The Labute approximate surface area is 105 Å². The van der Waals surface area contributed by atoms with Gasteiger partial charge in [0.15, 0.2) is 0 Å². The van der Waals surface area contributed by atoms with E-state index in [9.17, 15) is 0 Å². The molecule has 2 aromatic heterocycles. The smallest absolute Gasteiger partial charge is 0.0822 e. The number of aromatic nitrogens is 3. The van der Waals surface area contributed by atoms with Gasteiger partial charge in [0.25, 0.3) is 0 Å². The number of hydrogen-bond donors (Lipinski definition) is 0. The molecule has 2 aromatic rings. The van der Waals surface area contributed by atoms with Gasteiger partial charge in [-0.05, 0) is 12.1 Å². The lowest BCUT2D eigenvalue weighted by Crippen LogP contribution is -2.48. The molecule has 0 spiro atoms. The molecule has 1 fully saturated rings. The maximum Gasteiger partial charge on any atom is 0.0822 e. The minimum atomic E-state index is 0.652. The van der Waals surface area contributed by atoms with Gasteiger partial charge in [-0.3, -0.25) is 9.67 Å². The van der Waals surface area contributed by atoms with Gasteiger partial charge in [-0.2, -0.15) is 5.10 Å². The van der Waals surface area contributed by atoms with Crippen molar-refractivity contribution in [1.29, 1.82) is 0 Å². The third-order valence-electron chi connectivity index (χ3n) is 3.05. The molecule has 88 valence electrons. The Morgan fingerprint density at radius 3 is 2.94 bits per heavy atom. The molecule has 1 aliphatic rings. The fourth-order valence-electron chi connectivity index (χ4n) is 2.18. The van der Waals surface area contributed by atoms with E-state index in [0.29, 0.717) is 5.92 Å². The van der Waals surface area contributed by atoms with Crippen molar-refractivity contribution in [3.05, 3.63) is 41.9 Å². The second kappa shape index (κ2) is 4.37. The SMILES string of the molecule is Clc1cnccc1N1CC(Cn2cccn2)C1. The Balaban J connectivity index is 1.60. The molecular formula is C12H13ClN4. The molecule has 4 nitrogen and oxygen atoms in total. The molecule has 3 rings (SSSR count). The van der Waals surface area contributed by atoms with Crippen LogP contribution < -0.4 is 4.90 Å². The first-order chi connectivity index (χ1) is 8.33. The van der Waals surface area contributed by atoms with Crippen molar-refractivity contribution in [3.8, 4) is 0 Å². The van der Waals surface area contributed by atoms with Crippen LogP contribution in [0.25, 0.3) is 0 Å². The molecule has 0 aliphatic carbocycles. The first kappa shape index (κ1) is 10.6. The Hall–Kier alpha value is -1.55. The normalized spacial score (nSPS) is 15.9. The number of nitrogens with zero attached hydrogens (tertiary/aromatic N) is 4. The zero-order chi connectivity index (χ0) is 11.7. The van der Waals surface area contributed by atoms with E-state index in [0.717, 1.165) is 30.3 Å². The summed E-state index contributed by atoms with van der Waals surface area (Å²) in [7, 11) is 0. The maximum absolute atomic E-state index is 6.10.